The Kier molecular flexibility index (Phi) is 2.54. The Morgan fingerprint density at radius 1 is 0.870 bits per heavy atom. The van der Waals surface area contributed by atoms with E-state index in [2.05, 4.69) is 44.2 Å². The molecule has 1 aliphatic heterocycles. The van der Waals surface area contributed by atoms with Crippen LogP contribution >= 0.6 is 0 Å². The summed E-state index contributed by atoms with van der Waals surface area (Å²) in [5, 5.41) is 25.4. The molecule has 0 saturated carbocycles. The molecule has 2 aliphatic rings. The van der Waals surface area contributed by atoms with Gasteiger partial charge in [-0.25, -0.2) is 0 Å². The van der Waals surface area contributed by atoms with E-state index in [9.17, 15) is 10.2 Å². The number of ether oxygens (including phenoxy) is 1. The summed E-state index contributed by atoms with van der Waals surface area (Å²) in [6.45, 7) is 4.29. The first-order valence-electron chi connectivity index (χ1n) is 8.05. The lowest BCUT2D eigenvalue weighted by molar-refractivity contribution is 0.000104. The zero-order chi connectivity index (χ0) is 15.9. The van der Waals surface area contributed by atoms with Crippen LogP contribution in [0.5, 0.6) is 0 Å². The molecule has 0 bridgehead atoms. The highest BCUT2D eigenvalue weighted by Gasteiger charge is 2.54. The molecule has 2 N–H and O–H groups in total. The van der Waals surface area contributed by atoms with Crippen LogP contribution in [0.15, 0.2) is 36.4 Å². The average molecular weight is 306 g/mol. The first-order valence-corrected chi connectivity index (χ1v) is 8.05. The van der Waals surface area contributed by atoms with Crippen LogP contribution in [0.25, 0.3) is 21.5 Å². The third-order valence-electron chi connectivity index (χ3n) is 5.63. The second-order valence-corrected chi connectivity index (χ2v) is 6.74. The van der Waals surface area contributed by atoms with E-state index in [4.69, 9.17) is 4.74 Å². The summed E-state index contributed by atoms with van der Waals surface area (Å²) in [5.74, 6) is 0. The van der Waals surface area contributed by atoms with Crippen molar-refractivity contribution in [2.24, 2.45) is 0 Å². The number of hydrogen-bond acceptors (Lipinski definition) is 3. The van der Waals surface area contributed by atoms with E-state index < -0.39 is 12.2 Å². The fourth-order valence-corrected chi connectivity index (χ4v) is 4.24. The second-order valence-electron chi connectivity index (χ2n) is 6.74. The predicted molar refractivity (Wildman–Crippen MR) is 89.5 cm³/mol. The molecular formula is C20H18O3. The number of benzene rings is 3. The Hall–Kier alpha value is -1.94. The molecule has 3 nitrogen and oxygen atoms in total. The first kappa shape index (κ1) is 13.5. The summed E-state index contributed by atoms with van der Waals surface area (Å²) < 4.78 is 5.69. The highest BCUT2D eigenvalue weighted by atomic mass is 16.6. The van der Waals surface area contributed by atoms with Gasteiger partial charge in [-0.15, -0.1) is 0 Å². The van der Waals surface area contributed by atoms with Crippen molar-refractivity contribution in [2.45, 2.75) is 38.3 Å². The highest BCUT2D eigenvalue weighted by molar-refractivity contribution is 6.12. The van der Waals surface area contributed by atoms with E-state index in [1.54, 1.807) is 0 Å². The molecule has 5 rings (SSSR count). The Balaban J connectivity index is 1.97. The van der Waals surface area contributed by atoms with Crippen LogP contribution < -0.4 is 0 Å². The third kappa shape index (κ3) is 1.59. The summed E-state index contributed by atoms with van der Waals surface area (Å²) in [4.78, 5) is 0. The van der Waals surface area contributed by atoms with Crippen molar-refractivity contribution in [3.63, 3.8) is 0 Å². The molecule has 1 aliphatic carbocycles. The van der Waals surface area contributed by atoms with Crippen molar-refractivity contribution in [3.05, 3.63) is 58.7 Å². The molecule has 1 heterocycles. The molecule has 0 spiro atoms. The molecule has 0 aromatic heterocycles. The topological polar surface area (TPSA) is 53.0 Å². The second kappa shape index (κ2) is 4.32. The third-order valence-corrected chi connectivity index (χ3v) is 5.63. The van der Waals surface area contributed by atoms with Crippen LogP contribution in [-0.4, -0.2) is 22.4 Å². The van der Waals surface area contributed by atoms with E-state index in [-0.39, 0.29) is 12.2 Å². The van der Waals surface area contributed by atoms with Gasteiger partial charge in [-0.1, -0.05) is 36.4 Å². The molecular weight excluding hydrogens is 288 g/mol. The Morgan fingerprint density at radius 3 is 2.39 bits per heavy atom. The molecule has 116 valence electrons. The van der Waals surface area contributed by atoms with E-state index in [0.29, 0.717) is 0 Å². The molecule has 1 fully saturated rings. The molecule has 3 heteroatoms. The molecule has 1 saturated heterocycles. The first-order chi connectivity index (χ1) is 11.1. The zero-order valence-corrected chi connectivity index (χ0v) is 13.1. The molecule has 23 heavy (non-hydrogen) atoms. The number of epoxide rings is 1. The normalized spacial score (nSPS) is 28.7. The number of aliphatic hydroxyl groups excluding tert-OH is 2. The van der Waals surface area contributed by atoms with Gasteiger partial charge in [0.05, 0.1) is 0 Å². The van der Waals surface area contributed by atoms with E-state index in [1.165, 1.54) is 32.7 Å². The van der Waals surface area contributed by atoms with Gasteiger partial charge in [-0.2, -0.15) is 0 Å². The van der Waals surface area contributed by atoms with Crippen molar-refractivity contribution in [1.82, 2.24) is 0 Å². The Bertz CT molecular complexity index is 976. The number of hydrogen-bond donors (Lipinski definition) is 2. The summed E-state index contributed by atoms with van der Waals surface area (Å²) in [5.41, 5.74) is 4.37. The van der Waals surface area contributed by atoms with Gasteiger partial charge in [0.25, 0.3) is 0 Å². The SMILES string of the molecule is Cc1c(C)c2c3c(ccc2c2ccccc12)[C@H](O)[C@@H](O)[C@H]1O[C@@H]31. The lowest BCUT2D eigenvalue weighted by Crippen LogP contribution is -2.29. The van der Waals surface area contributed by atoms with Crippen molar-refractivity contribution >= 4 is 21.5 Å². The minimum absolute atomic E-state index is 0.0913. The van der Waals surface area contributed by atoms with Gasteiger partial charge in [-0.3, -0.25) is 0 Å². The fourth-order valence-electron chi connectivity index (χ4n) is 4.24. The van der Waals surface area contributed by atoms with Crippen molar-refractivity contribution in [3.8, 4) is 0 Å². The zero-order valence-electron chi connectivity index (χ0n) is 13.1. The van der Waals surface area contributed by atoms with Gasteiger partial charge in [-0.05, 0) is 57.6 Å². The number of fused-ring (bicyclic) bond motifs is 7. The van der Waals surface area contributed by atoms with Gasteiger partial charge in [0, 0.05) is 0 Å². The molecule has 4 atom stereocenters. The summed E-state index contributed by atoms with van der Waals surface area (Å²) in [7, 11) is 0. The van der Waals surface area contributed by atoms with E-state index >= 15 is 0 Å². The summed E-state index contributed by atoms with van der Waals surface area (Å²) in [6.07, 6.45) is -2.06. The molecule has 0 unspecified atom stereocenters. The Labute approximate surface area is 134 Å². The number of aliphatic hydroxyl groups is 2. The predicted octanol–water partition coefficient (Wildman–Crippen LogP) is 3.46. The van der Waals surface area contributed by atoms with Crippen LogP contribution in [-0.2, 0) is 4.74 Å². The molecule has 0 radical (unpaired) electrons. The maximum atomic E-state index is 10.4. The fraction of sp³-hybridized carbons (Fsp3) is 0.300. The number of rotatable bonds is 0. The van der Waals surface area contributed by atoms with Crippen molar-refractivity contribution in [1.29, 1.82) is 0 Å². The average Bonchev–Trinajstić information content (AvgIpc) is 3.37. The summed E-state index contributed by atoms with van der Waals surface area (Å²) in [6, 6.07) is 12.5. The van der Waals surface area contributed by atoms with Crippen molar-refractivity contribution < 1.29 is 14.9 Å². The minimum atomic E-state index is -0.871. The van der Waals surface area contributed by atoms with Gasteiger partial charge >= 0.3 is 0 Å². The monoisotopic (exact) mass is 306 g/mol. The molecule has 0 amide bonds. The molecule has 3 aromatic rings. The lowest BCUT2D eigenvalue weighted by Gasteiger charge is -2.26. The highest BCUT2D eigenvalue weighted by Crippen LogP contribution is 2.54. The van der Waals surface area contributed by atoms with E-state index in [1.807, 2.05) is 6.07 Å². The van der Waals surface area contributed by atoms with Crippen LogP contribution in [0.4, 0.5) is 0 Å². The standard InChI is InChI=1S/C20H18O3/c1-9-10(2)15-13(12-6-4-3-5-11(9)12)7-8-14-16(15)19-20(23-19)18(22)17(14)21/h3-8,17-22H,1-2H3/t17-,18+,19-,20+/m0/s1. The van der Waals surface area contributed by atoms with Gasteiger partial charge < -0.3 is 14.9 Å². The van der Waals surface area contributed by atoms with Gasteiger partial charge in [0.1, 0.15) is 24.4 Å². The Morgan fingerprint density at radius 2 is 1.61 bits per heavy atom. The van der Waals surface area contributed by atoms with Crippen molar-refractivity contribution in [2.75, 3.05) is 0 Å². The van der Waals surface area contributed by atoms with Gasteiger partial charge in [0.2, 0.25) is 0 Å². The number of aryl methyl sites for hydroxylation is 2. The quantitative estimate of drug-likeness (QED) is 0.494. The maximum absolute atomic E-state index is 10.4. The maximum Gasteiger partial charge on any atom is 0.118 e. The lowest BCUT2D eigenvalue weighted by atomic mass is 9.81. The van der Waals surface area contributed by atoms with Crippen LogP contribution in [0, 0.1) is 13.8 Å². The van der Waals surface area contributed by atoms with E-state index in [0.717, 1.165) is 11.1 Å². The largest absolute Gasteiger partial charge is 0.387 e. The summed E-state index contributed by atoms with van der Waals surface area (Å²) >= 11 is 0. The van der Waals surface area contributed by atoms with Crippen LogP contribution in [0.2, 0.25) is 0 Å². The molecule has 3 aromatic carbocycles. The van der Waals surface area contributed by atoms with Crippen LogP contribution in [0.3, 0.4) is 0 Å². The van der Waals surface area contributed by atoms with Crippen LogP contribution in [0.1, 0.15) is 34.5 Å². The van der Waals surface area contributed by atoms with Gasteiger partial charge in [0.15, 0.2) is 0 Å². The minimum Gasteiger partial charge on any atom is -0.387 e. The smallest absolute Gasteiger partial charge is 0.118 e.